The van der Waals surface area contributed by atoms with Crippen LogP contribution in [0, 0.1) is 0 Å². The highest BCUT2D eigenvalue weighted by Crippen LogP contribution is 2.22. The Bertz CT molecular complexity index is 791. The smallest absolute Gasteiger partial charge is 0.422 e. The van der Waals surface area contributed by atoms with Gasteiger partial charge < -0.3 is 14.5 Å². The molecule has 2 aromatic rings. The summed E-state index contributed by atoms with van der Waals surface area (Å²) >= 11 is 6.03. The first-order valence-electron chi connectivity index (χ1n) is 8.27. The first kappa shape index (κ1) is 19.3. The summed E-state index contributed by atoms with van der Waals surface area (Å²) in [7, 11) is 0. The quantitative estimate of drug-likeness (QED) is 0.732. The van der Waals surface area contributed by atoms with E-state index in [-0.39, 0.29) is 5.56 Å². The van der Waals surface area contributed by atoms with Gasteiger partial charge in [0, 0.05) is 43.1 Å². The SMILES string of the molecule is O=C(OCC(F)(F)F)c1ccc(N2CCN(c3cccc(Cl)c3)CC2)nc1. The van der Waals surface area contributed by atoms with Crippen LogP contribution in [0.2, 0.25) is 5.02 Å². The lowest BCUT2D eigenvalue weighted by Crippen LogP contribution is -2.46. The van der Waals surface area contributed by atoms with Crippen LogP contribution < -0.4 is 9.80 Å². The molecule has 1 fully saturated rings. The molecule has 1 saturated heterocycles. The van der Waals surface area contributed by atoms with Gasteiger partial charge in [0.1, 0.15) is 5.82 Å². The number of nitrogens with zero attached hydrogens (tertiary/aromatic N) is 3. The van der Waals surface area contributed by atoms with E-state index in [1.54, 1.807) is 6.07 Å². The van der Waals surface area contributed by atoms with Crippen molar-refractivity contribution in [2.24, 2.45) is 0 Å². The molecule has 5 nitrogen and oxygen atoms in total. The molecule has 9 heteroatoms. The van der Waals surface area contributed by atoms with Crippen molar-refractivity contribution in [1.82, 2.24) is 4.98 Å². The van der Waals surface area contributed by atoms with Crippen molar-refractivity contribution < 1.29 is 22.7 Å². The number of rotatable bonds is 4. The summed E-state index contributed by atoms with van der Waals surface area (Å²) < 4.78 is 40.5. The van der Waals surface area contributed by atoms with E-state index in [0.29, 0.717) is 10.8 Å². The molecule has 0 N–H and O–H groups in total. The second kappa shape index (κ2) is 8.04. The first-order valence-corrected chi connectivity index (χ1v) is 8.65. The van der Waals surface area contributed by atoms with Crippen LogP contribution in [0.15, 0.2) is 42.6 Å². The minimum Gasteiger partial charge on any atom is -0.452 e. The molecule has 0 aliphatic carbocycles. The fraction of sp³-hybridized carbons (Fsp3) is 0.333. The average Bonchev–Trinajstić information content (AvgIpc) is 2.66. The van der Waals surface area contributed by atoms with Crippen LogP contribution in [0.25, 0.3) is 0 Å². The summed E-state index contributed by atoms with van der Waals surface area (Å²) in [4.78, 5) is 20.1. The molecule has 0 radical (unpaired) electrons. The number of carbonyl (C=O) groups excluding carboxylic acids is 1. The maximum Gasteiger partial charge on any atom is 0.422 e. The van der Waals surface area contributed by atoms with Crippen LogP contribution in [0.5, 0.6) is 0 Å². The van der Waals surface area contributed by atoms with Crippen LogP contribution in [0.3, 0.4) is 0 Å². The number of aromatic nitrogens is 1. The molecule has 0 bridgehead atoms. The monoisotopic (exact) mass is 399 g/mol. The van der Waals surface area contributed by atoms with Gasteiger partial charge >= 0.3 is 12.1 Å². The van der Waals surface area contributed by atoms with Gasteiger partial charge in [-0.3, -0.25) is 0 Å². The van der Waals surface area contributed by atoms with Crippen LogP contribution in [0.1, 0.15) is 10.4 Å². The third kappa shape index (κ3) is 5.26. The fourth-order valence-electron chi connectivity index (χ4n) is 2.79. The lowest BCUT2D eigenvalue weighted by molar-refractivity contribution is -0.161. The minimum absolute atomic E-state index is 0.0134. The van der Waals surface area contributed by atoms with Crippen LogP contribution in [0.4, 0.5) is 24.7 Å². The molecule has 1 aliphatic rings. The number of ether oxygens (including phenoxy) is 1. The number of hydrogen-bond acceptors (Lipinski definition) is 5. The Morgan fingerprint density at radius 3 is 2.41 bits per heavy atom. The van der Waals surface area contributed by atoms with Crippen molar-refractivity contribution in [3.63, 3.8) is 0 Å². The van der Waals surface area contributed by atoms with Crippen molar-refractivity contribution in [2.45, 2.75) is 6.18 Å². The van der Waals surface area contributed by atoms with Crippen molar-refractivity contribution in [3.05, 3.63) is 53.2 Å². The Morgan fingerprint density at radius 1 is 1.11 bits per heavy atom. The minimum atomic E-state index is -4.55. The number of pyridine rings is 1. The highest BCUT2D eigenvalue weighted by molar-refractivity contribution is 6.30. The van der Waals surface area contributed by atoms with Crippen LogP contribution in [-0.2, 0) is 4.74 Å². The molecular formula is C18H17ClF3N3O2. The van der Waals surface area contributed by atoms with Gasteiger partial charge in [0.2, 0.25) is 0 Å². The molecule has 0 saturated carbocycles. The zero-order valence-corrected chi connectivity index (χ0v) is 15.0. The molecular weight excluding hydrogens is 383 g/mol. The number of benzene rings is 1. The third-order valence-electron chi connectivity index (χ3n) is 4.13. The summed E-state index contributed by atoms with van der Waals surface area (Å²) in [5.41, 5.74) is 1.04. The second-order valence-corrected chi connectivity index (χ2v) is 6.49. The highest BCUT2D eigenvalue weighted by atomic mass is 35.5. The predicted molar refractivity (Wildman–Crippen MR) is 96.5 cm³/mol. The van der Waals surface area contributed by atoms with E-state index in [1.807, 2.05) is 29.2 Å². The maximum atomic E-state index is 12.1. The maximum absolute atomic E-state index is 12.1. The Morgan fingerprint density at radius 2 is 1.81 bits per heavy atom. The van der Waals surface area contributed by atoms with Crippen LogP contribution in [-0.4, -0.2) is 49.9 Å². The predicted octanol–water partition coefficient (Wildman–Crippen LogP) is 3.78. The zero-order chi connectivity index (χ0) is 19.4. The standard InChI is InChI=1S/C18H17ClF3N3O2/c19-14-2-1-3-15(10-14)24-6-8-25(9-7-24)16-5-4-13(11-23-16)17(26)27-12-18(20,21)22/h1-5,10-11H,6-9,12H2. The Kier molecular flexibility index (Phi) is 5.74. The summed E-state index contributed by atoms with van der Waals surface area (Å²) in [6.07, 6.45) is -3.32. The van der Waals surface area contributed by atoms with E-state index in [0.717, 1.165) is 31.9 Å². The molecule has 0 atom stereocenters. The molecule has 3 rings (SSSR count). The van der Waals surface area contributed by atoms with E-state index < -0.39 is 18.8 Å². The van der Waals surface area contributed by atoms with Crippen molar-refractivity contribution in [1.29, 1.82) is 0 Å². The number of hydrogen-bond donors (Lipinski definition) is 0. The third-order valence-corrected chi connectivity index (χ3v) is 4.36. The van der Waals surface area contributed by atoms with Gasteiger partial charge in [0.15, 0.2) is 6.61 Å². The number of alkyl halides is 3. The van der Waals surface area contributed by atoms with Gasteiger partial charge in [-0.2, -0.15) is 13.2 Å². The van der Waals surface area contributed by atoms with Gasteiger partial charge in [-0.15, -0.1) is 0 Å². The lowest BCUT2D eigenvalue weighted by Gasteiger charge is -2.36. The van der Waals surface area contributed by atoms with Gasteiger partial charge in [0.25, 0.3) is 0 Å². The van der Waals surface area contributed by atoms with Gasteiger partial charge in [0.05, 0.1) is 5.56 Å². The van der Waals surface area contributed by atoms with E-state index in [9.17, 15) is 18.0 Å². The van der Waals surface area contributed by atoms with Gasteiger partial charge in [-0.25, -0.2) is 9.78 Å². The molecule has 1 aliphatic heterocycles. The Balaban J connectivity index is 1.56. The molecule has 1 aromatic carbocycles. The van der Waals surface area contributed by atoms with Crippen molar-refractivity contribution in [3.8, 4) is 0 Å². The topological polar surface area (TPSA) is 45.7 Å². The summed E-state index contributed by atoms with van der Waals surface area (Å²) in [6, 6.07) is 10.7. The van der Waals surface area contributed by atoms with E-state index >= 15 is 0 Å². The number of halogens is 4. The number of esters is 1. The summed E-state index contributed by atoms with van der Waals surface area (Å²) in [5.74, 6) is -0.384. The normalized spacial score (nSPS) is 15.0. The Labute approximate surface area is 159 Å². The second-order valence-electron chi connectivity index (χ2n) is 6.05. The molecule has 0 amide bonds. The van der Waals surface area contributed by atoms with Gasteiger partial charge in [-0.05, 0) is 30.3 Å². The zero-order valence-electron chi connectivity index (χ0n) is 14.2. The van der Waals surface area contributed by atoms with Crippen molar-refractivity contribution >= 4 is 29.1 Å². The fourth-order valence-corrected chi connectivity index (χ4v) is 2.98. The molecule has 0 spiro atoms. The number of carbonyl (C=O) groups is 1. The van der Waals surface area contributed by atoms with E-state index in [1.165, 1.54) is 12.3 Å². The van der Waals surface area contributed by atoms with Crippen molar-refractivity contribution in [2.75, 3.05) is 42.6 Å². The first-order chi connectivity index (χ1) is 12.8. The number of piperazine rings is 1. The summed E-state index contributed by atoms with van der Waals surface area (Å²) in [6.45, 7) is 1.38. The van der Waals surface area contributed by atoms with Crippen LogP contribution >= 0.6 is 11.6 Å². The molecule has 1 aromatic heterocycles. The Hall–Kier alpha value is -2.48. The molecule has 2 heterocycles. The van der Waals surface area contributed by atoms with Gasteiger partial charge in [-0.1, -0.05) is 17.7 Å². The van der Waals surface area contributed by atoms with E-state index in [4.69, 9.17) is 11.6 Å². The molecule has 27 heavy (non-hydrogen) atoms. The number of anilines is 2. The lowest BCUT2D eigenvalue weighted by atomic mass is 10.2. The largest absolute Gasteiger partial charge is 0.452 e. The molecule has 144 valence electrons. The summed E-state index contributed by atoms with van der Waals surface area (Å²) in [5, 5.41) is 0.685. The van der Waals surface area contributed by atoms with E-state index in [2.05, 4.69) is 14.6 Å². The molecule has 0 unspecified atom stereocenters. The average molecular weight is 400 g/mol. The highest BCUT2D eigenvalue weighted by Gasteiger charge is 2.30.